The summed E-state index contributed by atoms with van der Waals surface area (Å²) in [4.78, 5) is 12.2. The fourth-order valence-electron chi connectivity index (χ4n) is 2.06. The second kappa shape index (κ2) is 7.44. The summed E-state index contributed by atoms with van der Waals surface area (Å²) in [5, 5.41) is 2.53. The van der Waals surface area contributed by atoms with Gasteiger partial charge in [-0.1, -0.05) is 18.2 Å². The van der Waals surface area contributed by atoms with Crippen molar-refractivity contribution < 1.29 is 27.1 Å². The minimum Gasteiger partial charge on any atom is -0.377 e. The van der Waals surface area contributed by atoms with Crippen molar-refractivity contribution in [3.63, 3.8) is 0 Å². The Morgan fingerprint density at radius 1 is 1.17 bits per heavy atom. The Morgan fingerprint density at radius 2 is 1.88 bits per heavy atom. The van der Waals surface area contributed by atoms with Gasteiger partial charge < -0.3 is 10.1 Å². The van der Waals surface area contributed by atoms with Crippen LogP contribution in [0.4, 0.5) is 23.2 Å². The molecule has 0 saturated heterocycles. The number of amides is 1. The third-order valence-corrected chi connectivity index (χ3v) is 3.26. The quantitative estimate of drug-likeness (QED) is 0.805. The maximum Gasteiger partial charge on any atom is 0.419 e. The molecule has 0 radical (unpaired) electrons. The summed E-state index contributed by atoms with van der Waals surface area (Å²) in [6, 6.07) is 8.91. The Balaban J connectivity index is 2.25. The number of carbonyl (C=O) groups is 1. The number of para-hydroxylation sites is 1. The molecular formula is C17H15F4NO2. The van der Waals surface area contributed by atoms with Crippen LogP contribution in [0.25, 0.3) is 0 Å². The SMILES string of the molecule is CCOCc1ccccc1NC(=O)c1ccc(F)c(C(F)(F)F)c1. The molecule has 0 aromatic heterocycles. The van der Waals surface area contributed by atoms with Gasteiger partial charge in [0.1, 0.15) is 5.82 Å². The van der Waals surface area contributed by atoms with E-state index in [1.807, 2.05) is 6.92 Å². The molecule has 0 aliphatic carbocycles. The van der Waals surface area contributed by atoms with Crippen LogP contribution in [0.2, 0.25) is 0 Å². The van der Waals surface area contributed by atoms with E-state index in [2.05, 4.69) is 5.32 Å². The number of ether oxygens (including phenoxy) is 1. The monoisotopic (exact) mass is 341 g/mol. The van der Waals surface area contributed by atoms with Crippen molar-refractivity contribution in [1.29, 1.82) is 0 Å². The number of carbonyl (C=O) groups excluding carboxylic acids is 1. The molecule has 2 rings (SSSR count). The topological polar surface area (TPSA) is 38.3 Å². The maximum atomic E-state index is 13.3. The number of rotatable bonds is 5. The molecule has 1 N–H and O–H groups in total. The number of hydrogen-bond acceptors (Lipinski definition) is 2. The molecule has 0 spiro atoms. The van der Waals surface area contributed by atoms with E-state index in [0.29, 0.717) is 30.0 Å². The summed E-state index contributed by atoms with van der Waals surface area (Å²) in [5.41, 5.74) is -0.646. The Hall–Kier alpha value is -2.41. The van der Waals surface area contributed by atoms with Crippen LogP contribution in [0, 0.1) is 5.82 Å². The van der Waals surface area contributed by atoms with E-state index in [1.54, 1.807) is 24.3 Å². The highest BCUT2D eigenvalue weighted by molar-refractivity contribution is 6.04. The minimum atomic E-state index is -4.87. The van der Waals surface area contributed by atoms with E-state index >= 15 is 0 Å². The number of halogens is 4. The first kappa shape index (κ1) is 17.9. The normalized spacial score (nSPS) is 11.4. The maximum absolute atomic E-state index is 13.3. The second-order valence-corrected chi connectivity index (χ2v) is 4.94. The van der Waals surface area contributed by atoms with Gasteiger partial charge in [-0.3, -0.25) is 4.79 Å². The van der Waals surface area contributed by atoms with Gasteiger partial charge in [0.15, 0.2) is 0 Å². The van der Waals surface area contributed by atoms with Crippen LogP contribution in [0.5, 0.6) is 0 Å². The van der Waals surface area contributed by atoms with Crippen LogP contribution in [0.1, 0.15) is 28.4 Å². The zero-order valence-corrected chi connectivity index (χ0v) is 12.8. The van der Waals surface area contributed by atoms with Crippen molar-refractivity contribution in [3.8, 4) is 0 Å². The summed E-state index contributed by atoms with van der Waals surface area (Å²) >= 11 is 0. The number of anilines is 1. The molecule has 0 heterocycles. The number of hydrogen-bond donors (Lipinski definition) is 1. The van der Waals surface area contributed by atoms with Crippen molar-refractivity contribution in [2.24, 2.45) is 0 Å². The van der Waals surface area contributed by atoms with Gasteiger partial charge in [-0.15, -0.1) is 0 Å². The average Bonchev–Trinajstić information content (AvgIpc) is 2.53. The largest absolute Gasteiger partial charge is 0.419 e. The van der Waals surface area contributed by atoms with Gasteiger partial charge in [0.2, 0.25) is 0 Å². The molecule has 0 fully saturated rings. The van der Waals surface area contributed by atoms with Gasteiger partial charge in [0.05, 0.1) is 12.2 Å². The fraction of sp³-hybridized carbons (Fsp3) is 0.235. The van der Waals surface area contributed by atoms with E-state index in [9.17, 15) is 22.4 Å². The first-order chi connectivity index (χ1) is 11.3. The molecule has 7 heteroatoms. The van der Waals surface area contributed by atoms with E-state index in [0.717, 1.165) is 6.07 Å². The predicted molar refractivity (Wildman–Crippen MR) is 81.1 cm³/mol. The molecule has 2 aromatic carbocycles. The molecule has 0 aliphatic heterocycles. The standard InChI is InChI=1S/C17H15F4NO2/c1-2-24-10-12-5-3-4-6-15(12)22-16(23)11-7-8-14(18)13(9-11)17(19,20)21/h3-9H,2,10H2,1H3,(H,22,23). The Labute approximate surface area is 136 Å². The van der Waals surface area contributed by atoms with Gasteiger partial charge >= 0.3 is 6.18 Å². The Kier molecular flexibility index (Phi) is 5.56. The highest BCUT2D eigenvalue weighted by Gasteiger charge is 2.34. The fourth-order valence-corrected chi connectivity index (χ4v) is 2.06. The molecule has 0 atom stereocenters. The lowest BCUT2D eigenvalue weighted by Crippen LogP contribution is -2.16. The van der Waals surface area contributed by atoms with E-state index in [4.69, 9.17) is 4.74 Å². The van der Waals surface area contributed by atoms with Crippen LogP contribution in [-0.4, -0.2) is 12.5 Å². The lowest BCUT2D eigenvalue weighted by molar-refractivity contribution is -0.140. The molecule has 24 heavy (non-hydrogen) atoms. The molecule has 0 unspecified atom stereocenters. The zero-order valence-electron chi connectivity index (χ0n) is 12.8. The van der Waals surface area contributed by atoms with Crippen molar-refractivity contribution in [3.05, 3.63) is 65.0 Å². The highest BCUT2D eigenvalue weighted by Crippen LogP contribution is 2.32. The summed E-state index contributed by atoms with van der Waals surface area (Å²) in [5.74, 6) is -2.18. The van der Waals surface area contributed by atoms with Crippen LogP contribution in [-0.2, 0) is 17.5 Å². The van der Waals surface area contributed by atoms with Crippen LogP contribution >= 0.6 is 0 Å². The lowest BCUT2D eigenvalue weighted by Gasteiger charge is -2.13. The third kappa shape index (κ3) is 4.32. The average molecular weight is 341 g/mol. The van der Waals surface area contributed by atoms with E-state index in [-0.39, 0.29) is 12.2 Å². The Bertz CT molecular complexity index is 729. The van der Waals surface area contributed by atoms with E-state index < -0.39 is 23.5 Å². The van der Waals surface area contributed by atoms with Crippen molar-refractivity contribution in [1.82, 2.24) is 0 Å². The van der Waals surface area contributed by atoms with Crippen molar-refractivity contribution in [2.45, 2.75) is 19.7 Å². The highest BCUT2D eigenvalue weighted by atomic mass is 19.4. The molecule has 128 valence electrons. The second-order valence-electron chi connectivity index (χ2n) is 4.94. The number of alkyl halides is 3. The summed E-state index contributed by atoms with van der Waals surface area (Å²) in [6.45, 7) is 2.55. The third-order valence-electron chi connectivity index (χ3n) is 3.26. The predicted octanol–water partition coefficient (Wildman–Crippen LogP) is 4.63. The first-order valence-electron chi connectivity index (χ1n) is 7.16. The first-order valence-corrected chi connectivity index (χ1v) is 7.16. The van der Waals surface area contributed by atoms with Gasteiger partial charge in [-0.05, 0) is 31.2 Å². The lowest BCUT2D eigenvalue weighted by atomic mass is 10.1. The number of nitrogens with one attached hydrogen (secondary N) is 1. The van der Waals surface area contributed by atoms with E-state index in [1.165, 1.54) is 0 Å². The number of benzene rings is 2. The molecule has 2 aromatic rings. The van der Waals surface area contributed by atoms with Gasteiger partial charge in [0.25, 0.3) is 5.91 Å². The molecule has 0 bridgehead atoms. The zero-order chi connectivity index (χ0) is 17.7. The Morgan fingerprint density at radius 3 is 2.54 bits per heavy atom. The van der Waals surface area contributed by atoms with Crippen molar-refractivity contribution in [2.75, 3.05) is 11.9 Å². The van der Waals surface area contributed by atoms with Crippen LogP contribution in [0.15, 0.2) is 42.5 Å². The summed E-state index contributed by atoms with van der Waals surface area (Å²) in [6.07, 6.45) is -4.87. The van der Waals surface area contributed by atoms with Crippen molar-refractivity contribution >= 4 is 11.6 Å². The van der Waals surface area contributed by atoms with Gasteiger partial charge in [0, 0.05) is 23.4 Å². The molecule has 3 nitrogen and oxygen atoms in total. The van der Waals surface area contributed by atoms with Gasteiger partial charge in [-0.2, -0.15) is 13.2 Å². The molecule has 0 saturated carbocycles. The molecular weight excluding hydrogens is 326 g/mol. The molecule has 1 amide bonds. The molecule has 0 aliphatic rings. The van der Waals surface area contributed by atoms with Crippen LogP contribution < -0.4 is 5.32 Å². The summed E-state index contributed by atoms with van der Waals surface area (Å²) < 4.78 is 56.8. The smallest absolute Gasteiger partial charge is 0.377 e. The van der Waals surface area contributed by atoms with Crippen LogP contribution in [0.3, 0.4) is 0 Å². The van der Waals surface area contributed by atoms with Gasteiger partial charge in [-0.25, -0.2) is 4.39 Å². The summed E-state index contributed by atoms with van der Waals surface area (Å²) in [7, 11) is 0. The minimum absolute atomic E-state index is 0.254.